The first-order chi connectivity index (χ1) is 13.6. The van der Waals surface area contributed by atoms with Crippen molar-refractivity contribution in [3.05, 3.63) is 89.1 Å². The highest BCUT2D eigenvalue weighted by molar-refractivity contribution is 6.09. The molecule has 0 atom stereocenters. The number of hydrogen-bond donors (Lipinski definition) is 2. The van der Waals surface area contributed by atoms with Crippen LogP contribution in [0.4, 0.5) is 5.69 Å². The van der Waals surface area contributed by atoms with Crippen molar-refractivity contribution < 1.29 is 18.7 Å². The van der Waals surface area contributed by atoms with Crippen LogP contribution < -0.4 is 15.4 Å². The minimum absolute atomic E-state index is 0.198. The number of aryl methyl sites for hydroxylation is 1. The van der Waals surface area contributed by atoms with Crippen molar-refractivity contribution in [2.24, 2.45) is 0 Å². The van der Waals surface area contributed by atoms with Gasteiger partial charge in [0.2, 0.25) is 0 Å². The molecule has 6 nitrogen and oxygen atoms in total. The molecule has 3 aromatic rings. The lowest BCUT2D eigenvalue weighted by Crippen LogP contribution is -2.25. The molecule has 2 aromatic carbocycles. The Labute approximate surface area is 161 Å². The summed E-state index contributed by atoms with van der Waals surface area (Å²) in [5, 5.41) is 5.56. The summed E-state index contributed by atoms with van der Waals surface area (Å²) in [7, 11) is 0. The van der Waals surface area contributed by atoms with Crippen LogP contribution in [0.3, 0.4) is 0 Å². The normalized spacial score (nSPS) is 14.2. The van der Waals surface area contributed by atoms with Crippen molar-refractivity contribution in [1.29, 1.82) is 0 Å². The van der Waals surface area contributed by atoms with Gasteiger partial charge in [-0.05, 0) is 48.9 Å². The quantitative estimate of drug-likeness (QED) is 0.679. The van der Waals surface area contributed by atoms with Crippen molar-refractivity contribution >= 4 is 23.6 Å². The molecule has 0 fully saturated rings. The molecule has 1 aliphatic rings. The Hall–Kier alpha value is -3.80. The highest BCUT2D eigenvalue weighted by Gasteiger charge is 2.23. The fraction of sp³-hybridized carbons (Fsp3) is 0.0909. The van der Waals surface area contributed by atoms with Crippen molar-refractivity contribution in [3.63, 3.8) is 0 Å². The van der Waals surface area contributed by atoms with Gasteiger partial charge in [0.1, 0.15) is 11.5 Å². The zero-order chi connectivity index (χ0) is 19.5. The Balaban J connectivity index is 1.48. The zero-order valence-electron chi connectivity index (χ0n) is 15.2. The molecular weight excluding hydrogens is 356 g/mol. The van der Waals surface area contributed by atoms with E-state index in [1.165, 1.54) is 0 Å². The summed E-state index contributed by atoms with van der Waals surface area (Å²) < 4.78 is 11.2. The number of carbonyl (C=O) groups is 2. The number of furan rings is 1. The van der Waals surface area contributed by atoms with E-state index in [-0.39, 0.29) is 24.1 Å². The van der Waals surface area contributed by atoms with Gasteiger partial charge in [0.25, 0.3) is 11.8 Å². The topological polar surface area (TPSA) is 80.6 Å². The molecule has 4 rings (SSSR count). The first-order valence-corrected chi connectivity index (χ1v) is 8.82. The molecule has 0 saturated carbocycles. The summed E-state index contributed by atoms with van der Waals surface area (Å²) in [4.78, 5) is 24.7. The lowest BCUT2D eigenvalue weighted by molar-refractivity contribution is -0.115. The van der Waals surface area contributed by atoms with Gasteiger partial charge in [-0.25, -0.2) is 0 Å². The maximum atomic E-state index is 12.4. The molecule has 0 aliphatic carbocycles. The lowest BCUT2D eigenvalue weighted by Gasteiger charge is -2.20. The molecule has 28 heavy (non-hydrogen) atoms. The van der Waals surface area contributed by atoms with Crippen LogP contribution in [-0.4, -0.2) is 11.8 Å². The molecular formula is C22H18N2O4. The van der Waals surface area contributed by atoms with Gasteiger partial charge in [0, 0.05) is 5.56 Å². The van der Waals surface area contributed by atoms with E-state index in [0.29, 0.717) is 22.8 Å². The fourth-order valence-electron chi connectivity index (χ4n) is 2.85. The van der Waals surface area contributed by atoms with Crippen molar-refractivity contribution in [2.75, 3.05) is 5.32 Å². The van der Waals surface area contributed by atoms with Crippen LogP contribution in [0.2, 0.25) is 0 Å². The maximum Gasteiger partial charge on any atom is 0.291 e. The van der Waals surface area contributed by atoms with Gasteiger partial charge >= 0.3 is 0 Å². The summed E-state index contributed by atoms with van der Waals surface area (Å²) in [5.74, 6) is 1.52. The van der Waals surface area contributed by atoms with Crippen LogP contribution in [-0.2, 0) is 11.3 Å². The van der Waals surface area contributed by atoms with Crippen LogP contribution in [0.25, 0.3) is 6.08 Å². The van der Waals surface area contributed by atoms with Crippen molar-refractivity contribution in [1.82, 2.24) is 5.32 Å². The number of hydrogen-bond acceptors (Lipinski definition) is 4. The second-order valence-corrected chi connectivity index (χ2v) is 6.38. The third kappa shape index (κ3) is 3.81. The Kier molecular flexibility index (Phi) is 4.68. The van der Waals surface area contributed by atoms with Gasteiger partial charge in [-0.2, -0.15) is 0 Å². The van der Waals surface area contributed by atoms with E-state index in [1.807, 2.05) is 49.4 Å². The van der Waals surface area contributed by atoms with Crippen LogP contribution in [0.1, 0.15) is 27.4 Å². The van der Waals surface area contributed by atoms with Crippen molar-refractivity contribution in [2.45, 2.75) is 13.5 Å². The largest absolute Gasteiger partial charge is 0.465 e. The molecule has 1 aliphatic heterocycles. The second kappa shape index (κ2) is 7.44. The van der Waals surface area contributed by atoms with Crippen LogP contribution in [0.5, 0.6) is 5.75 Å². The highest BCUT2D eigenvalue weighted by Crippen LogP contribution is 2.32. The number of carbonyl (C=O) groups excluding carboxylic acids is 2. The zero-order valence-corrected chi connectivity index (χ0v) is 15.2. The monoisotopic (exact) mass is 374 g/mol. The predicted molar refractivity (Wildman–Crippen MR) is 105 cm³/mol. The van der Waals surface area contributed by atoms with E-state index in [9.17, 15) is 9.59 Å². The summed E-state index contributed by atoms with van der Waals surface area (Å²) in [6.45, 7) is 2.13. The molecule has 0 bridgehead atoms. The maximum absolute atomic E-state index is 12.4. The van der Waals surface area contributed by atoms with Crippen LogP contribution >= 0.6 is 0 Å². The number of fused-ring (bicyclic) bond motifs is 1. The van der Waals surface area contributed by atoms with Gasteiger partial charge in [-0.1, -0.05) is 30.3 Å². The van der Waals surface area contributed by atoms with E-state index < -0.39 is 0 Å². The molecule has 2 amide bonds. The number of benzene rings is 2. The highest BCUT2D eigenvalue weighted by atomic mass is 16.5. The lowest BCUT2D eigenvalue weighted by atomic mass is 10.1. The molecule has 2 heterocycles. The number of rotatable bonds is 4. The smallest absolute Gasteiger partial charge is 0.291 e. The van der Waals surface area contributed by atoms with E-state index in [0.717, 1.165) is 11.3 Å². The van der Waals surface area contributed by atoms with Gasteiger partial charge in [-0.3, -0.25) is 9.59 Å². The van der Waals surface area contributed by atoms with Crippen LogP contribution in [0.15, 0.2) is 70.8 Å². The van der Waals surface area contributed by atoms with Crippen LogP contribution in [0, 0.1) is 6.92 Å². The van der Waals surface area contributed by atoms with Crippen molar-refractivity contribution in [3.8, 4) is 5.75 Å². The minimum atomic E-state index is -0.361. The second-order valence-electron chi connectivity index (χ2n) is 6.38. The molecule has 6 heteroatoms. The SMILES string of the molecule is Cc1ccc(CNC(=O)c2ccc3c(c2)NC(=O)/C(=C\c2ccccc2)O3)o1. The summed E-state index contributed by atoms with van der Waals surface area (Å²) in [6, 6.07) is 18.0. The standard InChI is InChI=1S/C22H18N2O4/c1-14-7-9-17(27-14)13-23-21(25)16-8-10-19-18(12-16)24-22(26)20(28-19)11-15-5-3-2-4-6-15/h2-12H,13H2,1H3,(H,23,25)(H,24,26)/b20-11+. The summed E-state index contributed by atoms with van der Waals surface area (Å²) >= 11 is 0. The van der Waals surface area contributed by atoms with E-state index in [4.69, 9.17) is 9.15 Å². The molecule has 140 valence electrons. The number of amides is 2. The molecule has 0 radical (unpaired) electrons. The minimum Gasteiger partial charge on any atom is -0.465 e. The Bertz CT molecular complexity index is 1070. The average molecular weight is 374 g/mol. The Morgan fingerprint density at radius 1 is 1.11 bits per heavy atom. The Morgan fingerprint density at radius 3 is 2.68 bits per heavy atom. The van der Waals surface area contributed by atoms with E-state index in [2.05, 4.69) is 10.6 Å². The van der Waals surface area contributed by atoms with E-state index >= 15 is 0 Å². The molecule has 2 N–H and O–H groups in total. The third-order valence-corrected chi connectivity index (χ3v) is 4.25. The van der Waals surface area contributed by atoms with Gasteiger partial charge in [0.15, 0.2) is 11.5 Å². The van der Waals surface area contributed by atoms with Gasteiger partial charge < -0.3 is 19.8 Å². The summed E-state index contributed by atoms with van der Waals surface area (Å²) in [5.41, 5.74) is 1.73. The fourth-order valence-corrected chi connectivity index (χ4v) is 2.85. The first kappa shape index (κ1) is 17.6. The van der Waals surface area contributed by atoms with Gasteiger partial charge in [0.05, 0.1) is 12.2 Å². The average Bonchev–Trinajstić information content (AvgIpc) is 3.12. The number of ether oxygens (including phenoxy) is 1. The summed E-state index contributed by atoms with van der Waals surface area (Å²) in [6.07, 6.45) is 1.67. The first-order valence-electron chi connectivity index (χ1n) is 8.82. The molecule has 0 spiro atoms. The predicted octanol–water partition coefficient (Wildman–Crippen LogP) is 3.89. The Morgan fingerprint density at radius 2 is 1.93 bits per heavy atom. The molecule has 0 unspecified atom stereocenters. The number of nitrogens with one attached hydrogen (secondary N) is 2. The van der Waals surface area contributed by atoms with Gasteiger partial charge in [-0.15, -0.1) is 0 Å². The van der Waals surface area contributed by atoms with E-state index in [1.54, 1.807) is 24.3 Å². The molecule has 1 aromatic heterocycles. The molecule has 0 saturated heterocycles. The third-order valence-electron chi connectivity index (χ3n) is 4.25. The number of anilines is 1.